The molecule has 0 spiro atoms. The summed E-state index contributed by atoms with van der Waals surface area (Å²) >= 11 is 0. The van der Waals surface area contributed by atoms with Gasteiger partial charge in [0.1, 0.15) is 0 Å². The van der Waals surface area contributed by atoms with Gasteiger partial charge in [0.05, 0.1) is 11.3 Å². The molecule has 0 saturated carbocycles. The molecular formula is C20H20N4O2. The second-order valence-corrected chi connectivity index (χ2v) is 6.13. The Kier molecular flexibility index (Phi) is 4.84. The van der Waals surface area contributed by atoms with Crippen molar-refractivity contribution in [3.63, 3.8) is 0 Å². The summed E-state index contributed by atoms with van der Waals surface area (Å²) in [6, 6.07) is 16.9. The summed E-state index contributed by atoms with van der Waals surface area (Å²) in [5.41, 5.74) is 2.91. The Hall–Kier alpha value is -3.41. The van der Waals surface area contributed by atoms with E-state index in [1.54, 1.807) is 18.2 Å². The van der Waals surface area contributed by atoms with Gasteiger partial charge in [-0.15, -0.1) is 5.10 Å². The number of amidine groups is 1. The summed E-state index contributed by atoms with van der Waals surface area (Å²) < 4.78 is 0. The molecule has 3 rings (SSSR count). The minimum atomic E-state index is -0.281. The Morgan fingerprint density at radius 3 is 2.31 bits per heavy atom. The van der Waals surface area contributed by atoms with Crippen LogP contribution in [0.5, 0.6) is 0 Å². The molecule has 132 valence electrons. The SMILES string of the molecule is CC(=O)NC1=NN(c2ccccc2)C(=O)C1=Cc1ccc(N(C)C)cc1. The fraction of sp³-hybridized carbons (Fsp3) is 0.150. The number of hydrogen-bond donors (Lipinski definition) is 1. The third-order valence-electron chi connectivity index (χ3n) is 3.89. The van der Waals surface area contributed by atoms with Crippen LogP contribution in [0.15, 0.2) is 65.3 Å². The van der Waals surface area contributed by atoms with Crippen LogP contribution in [0.3, 0.4) is 0 Å². The third kappa shape index (κ3) is 3.64. The molecule has 0 radical (unpaired) electrons. The summed E-state index contributed by atoms with van der Waals surface area (Å²) in [4.78, 5) is 26.4. The average molecular weight is 348 g/mol. The molecule has 0 aliphatic carbocycles. The van der Waals surface area contributed by atoms with Crippen LogP contribution in [0.1, 0.15) is 12.5 Å². The van der Waals surface area contributed by atoms with Crippen molar-refractivity contribution in [3.8, 4) is 0 Å². The van der Waals surface area contributed by atoms with Gasteiger partial charge in [-0.25, -0.2) is 0 Å². The Labute approximate surface area is 152 Å². The molecule has 0 saturated heterocycles. The maximum absolute atomic E-state index is 12.9. The van der Waals surface area contributed by atoms with E-state index in [9.17, 15) is 9.59 Å². The predicted molar refractivity (Wildman–Crippen MR) is 104 cm³/mol. The van der Waals surface area contributed by atoms with Crippen molar-refractivity contribution in [1.82, 2.24) is 5.32 Å². The first-order chi connectivity index (χ1) is 12.5. The van der Waals surface area contributed by atoms with Gasteiger partial charge in [-0.05, 0) is 35.9 Å². The Balaban J connectivity index is 1.97. The number of anilines is 2. The lowest BCUT2D eigenvalue weighted by atomic mass is 10.1. The lowest BCUT2D eigenvalue weighted by Gasteiger charge is -2.12. The minimum Gasteiger partial charge on any atom is -0.378 e. The number of para-hydroxylation sites is 1. The van der Waals surface area contributed by atoms with Crippen molar-refractivity contribution in [3.05, 3.63) is 65.7 Å². The third-order valence-corrected chi connectivity index (χ3v) is 3.89. The van der Waals surface area contributed by atoms with E-state index < -0.39 is 0 Å². The number of nitrogens with zero attached hydrogens (tertiary/aromatic N) is 3. The average Bonchev–Trinajstić information content (AvgIpc) is 2.92. The molecule has 2 aromatic carbocycles. The molecule has 26 heavy (non-hydrogen) atoms. The molecule has 2 amide bonds. The maximum atomic E-state index is 12.9. The van der Waals surface area contributed by atoms with Gasteiger partial charge in [0.2, 0.25) is 5.91 Å². The highest BCUT2D eigenvalue weighted by Crippen LogP contribution is 2.24. The first-order valence-corrected chi connectivity index (χ1v) is 8.21. The van der Waals surface area contributed by atoms with Crippen LogP contribution >= 0.6 is 0 Å². The van der Waals surface area contributed by atoms with Gasteiger partial charge in [0.25, 0.3) is 5.91 Å². The van der Waals surface area contributed by atoms with Gasteiger partial charge in [-0.1, -0.05) is 30.3 Å². The molecular weight excluding hydrogens is 328 g/mol. The fourth-order valence-electron chi connectivity index (χ4n) is 2.58. The standard InChI is InChI=1S/C20H20N4O2/c1-14(25)21-19-18(13-15-9-11-16(12-10-15)23(2)3)20(26)24(22-19)17-7-5-4-6-8-17/h4-13H,1-3H3,(H,21,22,25). The predicted octanol–water partition coefficient (Wildman–Crippen LogP) is 2.63. The van der Waals surface area contributed by atoms with Gasteiger partial charge >= 0.3 is 0 Å². The minimum absolute atomic E-state index is 0.253. The second-order valence-electron chi connectivity index (χ2n) is 6.13. The molecule has 0 aromatic heterocycles. The fourth-order valence-corrected chi connectivity index (χ4v) is 2.58. The molecule has 0 fully saturated rings. The van der Waals surface area contributed by atoms with E-state index in [4.69, 9.17) is 0 Å². The first kappa shape index (κ1) is 17.4. The zero-order valence-corrected chi connectivity index (χ0v) is 14.9. The quantitative estimate of drug-likeness (QED) is 0.867. The maximum Gasteiger partial charge on any atom is 0.282 e. The molecule has 1 aliphatic heterocycles. The van der Waals surface area contributed by atoms with Crippen molar-refractivity contribution >= 4 is 35.1 Å². The Morgan fingerprint density at radius 1 is 1.08 bits per heavy atom. The summed E-state index contributed by atoms with van der Waals surface area (Å²) in [7, 11) is 3.93. The monoisotopic (exact) mass is 348 g/mol. The van der Waals surface area contributed by atoms with Crippen LogP contribution < -0.4 is 15.2 Å². The normalized spacial score (nSPS) is 15.2. The topological polar surface area (TPSA) is 65.0 Å². The highest BCUT2D eigenvalue weighted by molar-refractivity contribution is 6.33. The molecule has 1 N–H and O–H groups in total. The van der Waals surface area contributed by atoms with Crippen molar-refractivity contribution in [1.29, 1.82) is 0 Å². The Morgan fingerprint density at radius 2 is 1.73 bits per heavy atom. The molecule has 1 heterocycles. The van der Waals surface area contributed by atoms with E-state index in [1.165, 1.54) is 11.9 Å². The number of carbonyl (C=O) groups is 2. The number of benzene rings is 2. The van der Waals surface area contributed by atoms with E-state index in [1.807, 2.05) is 61.5 Å². The van der Waals surface area contributed by atoms with Crippen LogP contribution in [0, 0.1) is 0 Å². The molecule has 6 heteroatoms. The van der Waals surface area contributed by atoms with E-state index in [-0.39, 0.29) is 17.6 Å². The number of hydrogen-bond acceptors (Lipinski definition) is 4. The van der Waals surface area contributed by atoms with Crippen molar-refractivity contribution in [2.24, 2.45) is 5.10 Å². The Bertz CT molecular complexity index is 884. The largest absolute Gasteiger partial charge is 0.378 e. The van der Waals surface area contributed by atoms with E-state index in [0.717, 1.165) is 11.3 Å². The van der Waals surface area contributed by atoms with Gasteiger partial charge < -0.3 is 10.2 Å². The molecule has 0 bridgehead atoms. The van der Waals surface area contributed by atoms with Crippen LogP contribution in [0.4, 0.5) is 11.4 Å². The summed E-state index contributed by atoms with van der Waals surface area (Å²) in [5.74, 6) is -0.306. The lowest BCUT2D eigenvalue weighted by molar-refractivity contribution is -0.117. The number of nitrogens with one attached hydrogen (secondary N) is 1. The smallest absolute Gasteiger partial charge is 0.282 e. The second kappa shape index (κ2) is 7.23. The van der Waals surface area contributed by atoms with Crippen LogP contribution in [0.25, 0.3) is 6.08 Å². The highest BCUT2D eigenvalue weighted by atomic mass is 16.2. The summed E-state index contributed by atoms with van der Waals surface area (Å²) in [5, 5.41) is 8.24. The van der Waals surface area contributed by atoms with Gasteiger partial charge in [-0.2, -0.15) is 5.01 Å². The van der Waals surface area contributed by atoms with E-state index in [0.29, 0.717) is 11.3 Å². The highest BCUT2D eigenvalue weighted by Gasteiger charge is 2.31. The summed E-state index contributed by atoms with van der Waals surface area (Å²) in [6.45, 7) is 1.39. The van der Waals surface area contributed by atoms with Crippen molar-refractivity contribution in [2.45, 2.75) is 6.92 Å². The van der Waals surface area contributed by atoms with E-state index in [2.05, 4.69) is 10.4 Å². The molecule has 0 unspecified atom stereocenters. The van der Waals surface area contributed by atoms with Crippen LogP contribution in [0.2, 0.25) is 0 Å². The van der Waals surface area contributed by atoms with Gasteiger partial charge in [0.15, 0.2) is 5.84 Å². The lowest BCUT2D eigenvalue weighted by Crippen LogP contribution is -2.29. The van der Waals surface area contributed by atoms with Crippen molar-refractivity contribution in [2.75, 3.05) is 24.0 Å². The zero-order valence-electron chi connectivity index (χ0n) is 14.9. The summed E-state index contributed by atoms with van der Waals surface area (Å²) in [6.07, 6.45) is 1.74. The van der Waals surface area contributed by atoms with Crippen molar-refractivity contribution < 1.29 is 9.59 Å². The van der Waals surface area contributed by atoms with Gasteiger partial charge in [0, 0.05) is 26.7 Å². The number of hydrazone groups is 1. The number of amides is 2. The molecule has 0 atom stereocenters. The molecule has 1 aliphatic rings. The van der Waals surface area contributed by atoms with Crippen LogP contribution in [-0.2, 0) is 9.59 Å². The zero-order chi connectivity index (χ0) is 18.7. The number of carbonyl (C=O) groups excluding carboxylic acids is 2. The number of rotatable bonds is 3. The molecule has 6 nitrogen and oxygen atoms in total. The van der Waals surface area contributed by atoms with Gasteiger partial charge in [-0.3, -0.25) is 9.59 Å². The molecule has 2 aromatic rings. The van der Waals surface area contributed by atoms with Crippen LogP contribution in [-0.4, -0.2) is 31.7 Å². The first-order valence-electron chi connectivity index (χ1n) is 8.21. The van der Waals surface area contributed by atoms with E-state index >= 15 is 0 Å².